The Morgan fingerprint density at radius 1 is 0.390 bits per heavy atom. The zero-order valence-electron chi connectivity index (χ0n) is 24.4. The monoisotopic (exact) mass is 544 g/mol. The minimum absolute atomic E-state index is 0.178. The standard InChI is InChI=1S/C37H36O4/c1-20-7-10-30(21(2)13-20)35(31-18-28(16-24(5)36(31)40)26-8-11-33(38)22(3)14-26)32-19-29(17-25(6)37(32)41)27-9-12-34(39)23(4)15-27/h7-19,35,38-41H,1-6H3. The Balaban J connectivity index is 1.81. The van der Waals surface area contributed by atoms with Crippen molar-refractivity contribution in [3.8, 4) is 45.3 Å². The van der Waals surface area contributed by atoms with Crippen molar-refractivity contribution in [2.45, 2.75) is 47.5 Å². The van der Waals surface area contributed by atoms with Gasteiger partial charge in [0.15, 0.2) is 0 Å². The van der Waals surface area contributed by atoms with Gasteiger partial charge in [0.2, 0.25) is 0 Å². The number of hydrogen-bond donors (Lipinski definition) is 4. The van der Waals surface area contributed by atoms with Crippen LogP contribution >= 0.6 is 0 Å². The third kappa shape index (κ3) is 5.26. The van der Waals surface area contributed by atoms with Crippen molar-refractivity contribution in [1.82, 2.24) is 0 Å². The molecular weight excluding hydrogens is 508 g/mol. The normalized spacial score (nSPS) is 11.3. The summed E-state index contributed by atoms with van der Waals surface area (Å²) in [5, 5.41) is 43.4. The van der Waals surface area contributed by atoms with E-state index in [2.05, 4.69) is 32.0 Å². The van der Waals surface area contributed by atoms with Crippen LogP contribution in [0.1, 0.15) is 56.0 Å². The molecule has 0 bridgehead atoms. The highest BCUT2D eigenvalue weighted by Gasteiger charge is 2.27. The number of phenolic OH excluding ortho intramolecular Hbond substituents is 4. The van der Waals surface area contributed by atoms with Crippen LogP contribution in [-0.4, -0.2) is 20.4 Å². The highest BCUT2D eigenvalue weighted by atomic mass is 16.3. The van der Waals surface area contributed by atoms with E-state index in [4.69, 9.17) is 0 Å². The van der Waals surface area contributed by atoms with Crippen LogP contribution in [0.5, 0.6) is 23.0 Å². The van der Waals surface area contributed by atoms with E-state index >= 15 is 0 Å². The van der Waals surface area contributed by atoms with Gasteiger partial charge in [-0.05, 0) is 146 Å². The van der Waals surface area contributed by atoms with Gasteiger partial charge in [0.05, 0.1) is 0 Å². The molecule has 0 radical (unpaired) electrons. The van der Waals surface area contributed by atoms with Crippen LogP contribution in [0.4, 0.5) is 0 Å². The molecule has 0 aliphatic carbocycles. The molecule has 0 amide bonds. The molecule has 0 atom stereocenters. The summed E-state index contributed by atoms with van der Waals surface area (Å²) < 4.78 is 0. The van der Waals surface area contributed by atoms with Crippen molar-refractivity contribution >= 4 is 0 Å². The van der Waals surface area contributed by atoms with E-state index in [0.29, 0.717) is 11.1 Å². The highest BCUT2D eigenvalue weighted by molar-refractivity contribution is 5.73. The second-order valence-corrected chi connectivity index (χ2v) is 11.3. The maximum Gasteiger partial charge on any atom is 0.122 e. The molecule has 4 nitrogen and oxygen atoms in total. The minimum Gasteiger partial charge on any atom is -0.508 e. The number of rotatable bonds is 5. The summed E-state index contributed by atoms with van der Waals surface area (Å²) in [6.07, 6.45) is 0. The first kappa shape index (κ1) is 27.9. The molecule has 0 unspecified atom stereocenters. The molecular formula is C37H36O4. The number of benzene rings is 5. The molecule has 4 heteroatoms. The van der Waals surface area contributed by atoms with Crippen LogP contribution < -0.4 is 0 Å². The summed E-state index contributed by atoms with van der Waals surface area (Å²) in [4.78, 5) is 0. The SMILES string of the molecule is Cc1ccc(C(c2cc(-c3ccc(O)c(C)c3)cc(C)c2O)c2cc(-c3ccc(O)c(C)c3)cc(C)c2O)c(C)c1. The maximum atomic E-state index is 11.6. The predicted octanol–water partition coefficient (Wildman–Crippen LogP) is 8.87. The Hall–Kier alpha value is -4.70. The van der Waals surface area contributed by atoms with Crippen LogP contribution in [0.25, 0.3) is 22.3 Å². The van der Waals surface area contributed by atoms with Crippen LogP contribution in [0, 0.1) is 41.5 Å². The number of phenols is 4. The van der Waals surface area contributed by atoms with E-state index in [0.717, 1.165) is 61.2 Å². The highest BCUT2D eigenvalue weighted by Crippen LogP contribution is 2.46. The lowest BCUT2D eigenvalue weighted by molar-refractivity contribution is 0.454. The van der Waals surface area contributed by atoms with Crippen molar-refractivity contribution in [3.05, 3.63) is 129 Å². The Morgan fingerprint density at radius 3 is 1.24 bits per heavy atom. The summed E-state index contributed by atoms with van der Waals surface area (Å²) >= 11 is 0. The minimum atomic E-state index is -0.468. The lowest BCUT2D eigenvalue weighted by Gasteiger charge is -2.26. The molecule has 0 saturated heterocycles. The van der Waals surface area contributed by atoms with Crippen molar-refractivity contribution in [1.29, 1.82) is 0 Å². The summed E-state index contributed by atoms with van der Waals surface area (Å²) in [6.45, 7) is 11.6. The quantitative estimate of drug-likeness (QED) is 0.167. The number of hydrogen-bond acceptors (Lipinski definition) is 4. The summed E-state index contributed by atoms with van der Waals surface area (Å²) in [7, 11) is 0. The maximum absolute atomic E-state index is 11.6. The molecule has 0 aliphatic heterocycles. The van der Waals surface area contributed by atoms with Crippen LogP contribution in [-0.2, 0) is 0 Å². The van der Waals surface area contributed by atoms with Gasteiger partial charge in [0.25, 0.3) is 0 Å². The average molecular weight is 545 g/mol. The molecule has 208 valence electrons. The van der Waals surface area contributed by atoms with E-state index in [1.807, 2.05) is 76.2 Å². The van der Waals surface area contributed by atoms with Crippen molar-refractivity contribution < 1.29 is 20.4 Å². The third-order valence-corrected chi connectivity index (χ3v) is 8.08. The number of aryl methyl sites for hydroxylation is 6. The molecule has 5 aromatic rings. The second-order valence-electron chi connectivity index (χ2n) is 11.3. The molecule has 5 aromatic carbocycles. The van der Waals surface area contributed by atoms with Crippen molar-refractivity contribution in [2.24, 2.45) is 0 Å². The second kappa shape index (κ2) is 10.7. The Bertz CT molecular complexity index is 1690. The fourth-order valence-corrected chi connectivity index (χ4v) is 5.71. The Kier molecular flexibility index (Phi) is 7.27. The summed E-state index contributed by atoms with van der Waals surface area (Å²) in [6, 6.07) is 25.1. The lowest BCUT2D eigenvalue weighted by atomic mass is 9.79. The summed E-state index contributed by atoms with van der Waals surface area (Å²) in [5.41, 5.74) is 11.2. The number of aromatic hydroxyl groups is 4. The third-order valence-electron chi connectivity index (χ3n) is 8.08. The van der Waals surface area contributed by atoms with Gasteiger partial charge in [0.1, 0.15) is 23.0 Å². The van der Waals surface area contributed by atoms with Crippen LogP contribution in [0.2, 0.25) is 0 Å². The zero-order valence-corrected chi connectivity index (χ0v) is 24.4. The zero-order chi connectivity index (χ0) is 29.6. The van der Waals surface area contributed by atoms with E-state index in [9.17, 15) is 20.4 Å². The lowest BCUT2D eigenvalue weighted by Crippen LogP contribution is -2.08. The van der Waals surface area contributed by atoms with E-state index in [-0.39, 0.29) is 23.0 Å². The van der Waals surface area contributed by atoms with E-state index in [1.54, 1.807) is 12.1 Å². The van der Waals surface area contributed by atoms with Gasteiger partial charge in [-0.2, -0.15) is 0 Å². The first-order valence-electron chi connectivity index (χ1n) is 13.8. The molecule has 41 heavy (non-hydrogen) atoms. The first-order chi connectivity index (χ1) is 19.4. The Labute approximate surface area is 241 Å². The van der Waals surface area contributed by atoms with Gasteiger partial charge in [-0.1, -0.05) is 35.9 Å². The largest absolute Gasteiger partial charge is 0.508 e. The van der Waals surface area contributed by atoms with Gasteiger partial charge < -0.3 is 20.4 Å². The molecule has 0 saturated carbocycles. The average Bonchev–Trinajstić information content (AvgIpc) is 2.92. The molecule has 0 aliphatic rings. The van der Waals surface area contributed by atoms with Crippen molar-refractivity contribution in [3.63, 3.8) is 0 Å². The molecule has 0 spiro atoms. The van der Waals surface area contributed by atoms with Crippen LogP contribution in [0.15, 0.2) is 78.9 Å². The Morgan fingerprint density at radius 2 is 0.829 bits per heavy atom. The predicted molar refractivity (Wildman–Crippen MR) is 166 cm³/mol. The summed E-state index contributed by atoms with van der Waals surface area (Å²) in [5.74, 6) is 0.359. The van der Waals surface area contributed by atoms with Gasteiger partial charge in [-0.3, -0.25) is 0 Å². The fourth-order valence-electron chi connectivity index (χ4n) is 5.71. The molecule has 0 aromatic heterocycles. The molecule has 0 fully saturated rings. The molecule has 0 heterocycles. The van der Waals surface area contributed by atoms with Gasteiger partial charge >= 0.3 is 0 Å². The smallest absolute Gasteiger partial charge is 0.122 e. The van der Waals surface area contributed by atoms with E-state index < -0.39 is 5.92 Å². The van der Waals surface area contributed by atoms with Crippen molar-refractivity contribution in [2.75, 3.05) is 0 Å². The van der Waals surface area contributed by atoms with Gasteiger partial charge in [-0.15, -0.1) is 0 Å². The molecule has 4 N–H and O–H groups in total. The van der Waals surface area contributed by atoms with Gasteiger partial charge in [-0.25, -0.2) is 0 Å². The van der Waals surface area contributed by atoms with E-state index in [1.165, 1.54) is 0 Å². The first-order valence-corrected chi connectivity index (χ1v) is 13.8. The van der Waals surface area contributed by atoms with Gasteiger partial charge in [0, 0.05) is 17.0 Å². The fraction of sp³-hybridized carbons (Fsp3) is 0.189. The molecule has 5 rings (SSSR count). The topological polar surface area (TPSA) is 80.9 Å². The van der Waals surface area contributed by atoms with Crippen LogP contribution in [0.3, 0.4) is 0 Å².